The molecule has 0 aliphatic rings. The molecule has 0 aliphatic heterocycles. The first-order valence-electron chi connectivity index (χ1n) is 6.88. The molecule has 3 rings (SSSR count). The molecule has 0 spiro atoms. The molecule has 0 unspecified atom stereocenters. The second-order valence-corrected chi connectivity index (χ2v) is 5.15. The molecule has 1 aromatic carbocycles. The van der Waals surface area contributed by atoms with E-state index in [1.807, 2.05) is 12.1 Å². The number of phenolic OH excluding ortho intramolecular Hbond substituents is 1. The zero-order chi connectivity index (χ0) is 16.2. The Kier molecular flexibility index (Phi) is 4.25. The summed E-state index contributed by atoms with van der Waals surface area (Å²) in [4.78, 5) is 12.9. The summed E-state index contributed by atoms with van der Waals surface area (Å²) in [7, 11) is 1.75. The molecule has 0 amide bonds. The SMILES string of the molecule is CNc1nc(Nc2ccc(O)cc2Cl)cc(-c2cccnc2)n1. The summed E-state index contributed by atoms with van der Waals surface area (Å²) in [5.74, 6) is 1.16. The Bertz CT molecular complexity index is 826. The predicted octanol–water partition coefficient (Wildman–Crippen LogP) is 3.68. The van der Waals surface area contributed by atoms with E-state index in [1.165, 1.54) is 6.07 Å². The molecule has 7 heteroatoms. The van der Waals surface area contributed by atoms with Crippen LogP contribution in [0.1, 0.15) is 0 Å². The number of aromatic nitrogens is 3. The molecule has 0 saturated carbocycles. The monoisotopic (exact) mass is 327 g/mol. The molecule has 2 aromatic heterocycles. The second kappa shape index (κ2) is 6.50. The molecular formula is C16H14ClN5O. The van der Waals surface area contributed by atoms with Crippen LogP contribution in [0.2, 0.25) is 5.02 Å². The lowest BCUT2D eigenvalue weighted by Gasteiger charge is -2.11. The van der Waals surface area contributed by atoms with Crippen LogP contribution >= 0.6 is 11.6 Å². The smallest absolute Gasteiger partial charge is 0.224 e. The summed E-state index contributed by atoms with van der Waals surface area (Å²) < 4.78 is 0. The van der Waals surface area contributed by atoms with Gasteiger partial charge in [0.1, 0.15) is 11.6 Å². The molecule has 3 N–H and O–H groups in total. The fourth-order valence-electron chi connectivity index (χ4n) is 2.03. The van der Waals surface area contributed by atoms with Gasteiger partial charge >= 0.3 is 0 Å². The number of hydrogen-bond acceptors (Lipinski definition) is 6. The van der Waals surface area contributed by atoms with Gasteiger partial charge < -0.3 is 15.7 Å². The fourth-order valence-corrected chi connectivity index (χ4v) is 2.25. The van der Waals surface area contributed by atoms with Gasteiger partial charge in [0.15, 0.2) is 0 Å². The molecule has 0 aliphatic carbocycles. The number of hydrogen-bond donors (Lipinski definition) is 3. The zero-order valence-electron chi connectivity index (χ0n) is 12.3. The third-order valence-electron chi connectivity index (χ3n) is 3.12. The normalized spacial score (nSPS) is 10.3. The lowest BCUT2D eigenvalue weighted by atomic mass is 10.2. The van der Waals surface area contributed by atoms with Crippen LogP contribution in [0.4, 0.5) is 17.5 Å². The Balaban J connectivity index is 1.99. The Morgan fingerprint density at radius 2 is 2.00 bits per heavy atom. The fraction of sp³-hybridized carbons (Fsp3) is 0.0625. The minimum absolute atomic E-state index is 0.107. The van der Waals surface area contributed by atoms with Gasteiger partial charge in [0.2, 0.25) is 5.95 Å². The van der Waals surface area contributed by atoms with Crippen LogP contribution < -0.4 is 10.6 Å². The number of aromatic hydroxyl groups is 1. The number of phenols is 1. The molecule has 23 heavy (non-hydrogen) atoms. The first-order valence-corrected chi connectivity index (χ1v) is 7.26. The van der Waals surface area contributed by atoms with Gasteiger partial charge in [-0.05, 0) is 24.3 Å². The van der Waals surface area contributed by atoms with Crippen molar-refractivity contribution in [3.8, 4) is 17.0 Å². The van der Waals surface area contributed by atoms with Crippen LogP contribution in [0.5, 0.6) is 5.75 Å². The van der Waals surface area contributed by atoms with E-state index in [4.69, 9.17) is 11.6 Å². The van der Waals surface area contributed by atoms with E-state index in [0.29, 0.717) is 22.5 Å². The van der Waals surface area contributed by atoms with Crippen molar-refractivity contribution >= 4 is 29.1 Å². The third-order valence-corrected chi connectivity index (χ3v) is 3.44. The molecule has 6 nitrogen and oxygen atoms in total. The molecule has 0 radical (unpaired) electrons. The van der Waals surface area contributed by atoms with Crippen molar-refractivity contribution in [3.05, 3.63) is 53.8 Å². The van der Waals surface area contributed by atoms with Crippen molar-refractivity contribution in [3.63, 3.8) is 0 Å². The Labute approximate surface area is 138 Å². The highest BCUT2D eigenvalue weighted by molar-refractivity contribution is 6.33. The summed E-state index contributed by atoms with van der Waals surface area (Å²) >= 11 is 6.12. The van der Waals surface area contributed by atoms with Crippen LogP contribution in [0.15, 0.2) is 48.8 Å². The van der Waals surface area contributed by atoms with Crippen molar-refractivity contribution in [1.29, 1.82) is 0 Å². The number of anilines is 3. The lowest BCUT2D eigenvalue weighted by Crippen LogP contribution is -2.02. The highest BCUT2D eigenvalue weighted by atomic mass is 35.5. The van der Waals surface area contributed by atoms with E-state index >= 15 is 0 Å². The van der Waals surface area contributed by atoms with E-state index in [9.17, 15) is 5.11 Å². The highest BCUT2D eigenvalue weighted by Crippen LogP contribution is 2.29. The molecule has 3 aromatic rings. The molecule has 0 saturated heterocycles. The van der Waals surface area contributed by atoms with E-state index < -0.39 is 0 Å². The maximum atomic E-state index is 9.42. The minimum Gasteiger partial charge on any atom is -0.508 e. The highest BCUT2D eigenvalue weighted by Gasteiger charge is 2.08. The molecule has 2 heterocycles. The average molecular weight is 328 g/mol. The van der Waals surface area contributed by atoms with Gasteiger partial charge in [0.25, 0.3) is 0 Å². The molecule has 0 fully saturated rings. The van der Waals surface area contributed by atoms with Crippen molar-refractivity contribution in [2.24, 2.45) is 0 Å². The van der Waals surface area contributed by atoms with Gasteiger partial charge in [-0.15, -0.1) is 0 Å². The van der Waals surface area contributed by atoms with Gasteiger partial charge in [-0.3, -0.25) is 4.98 Å². The van der Waals surface area contributed by atoms with Gasteiger partial charge in [-0.25, -0.2) is 4.98 Å². The maximum Gasteiger partial charge on any atom is 0.224 e. The van der Waals surface area contributed by atoms with Crippen molar-refractivity contribution in [1.82, 2.24) is 15.0 Å². The number of halogens is 1. The first kappa shape index (κ1) is 15.1. The van der Waals surface area contributed by atoms with Gasteiger partial charge in [0.05, 0.1) is 16.4 Å². The van der Waals surface area contributed by atoms with Crippen LogP contribution in [-0.2, 0) is 0 Å². The van der Waals surface area contributed by atoms with E-state index in [0.717, 1.165) is 11.3 Å². The Hall–Kier alpha value is -2.86. The number of rotatable bonds is 4. The van der Waals surface area contributed by atoms with Gasteiger partial charge in [0, 0.05) is 37.1 Å². The van der Waals surface area contributed by atoms with Crippen LogP contribution in [-0.4, -0.2) is 27.1 Å². The van der Waals surface area contributed by atoms with Gasteiger partial charge in [-0.2, -0.15) is 4.98 Å². The first-order chi connectivity index (χ1) is 11.2. The van der Waals surface area contributed by atoms with Crippen LogP contribution in [0.25, 0.3) is 11.3 Å². The van der Waals surface area contributed by atoms with Crippen molar-refractivity contribution in [2.75, 3.05) is 17.7 Å². The molecule has 0 bridgehead atoms. The largest absolute Gasteiger partial charge is 0.508 e. The number of pyridine rings is 1. The Morgan fingerprint density at radius 3 is 2.70 bits per heavy atom. The summed E-state index contributed by atoms with van der Waals surface area (Å²) in [6, 6.07) is 10.3. The van der Waals surface area contributed by atoms with E-state index in [2.05, 4.69) is 25.6 Å². The summed E-state index contributed by atoms with van der Waals surface area (Å²) in [5.41, 5.74) is 2.25. The van der Waals surface area contributed by atoms with Crippen LogP contribution in [0, 0.1) is 0 Å². The van der Waals surface area contributed by atoms with Gasteiger partial charge in [-0.1, -0.05) is 11.6 Å². The standard InChI is InChI=1S/C16H14ClN5O/c1-18-16-21-14(10-3-2-6-19-9-10)8-15(22-16)20-13-5-4-11(23)7-12(13)17/h2-9,23H,1H3,(H2,18,20,21,22). The van der Waals surface area contributed by atoms with Crippen molar-refractivity contribution < 1.29 is 5.11 Å². The predicted molar refractivity (Wildman–Crippen MR) is 91.2 cm³/mol. The average Bonchev–Trinajstić information content (AvgIpc) is 2.58. The lowest BCUT2D eigenvalue weighted by molar-refractivity contribution is 0.475. The topological polar surface area (TPSA) is 83.0 Å². The number of benzene rings is 1. The maximum absolute atomic E-state index is 9.42. The molecular weight excluding hydrogens is 314 g/mol. The van der Waals surface area contributed by atoms with Crippen LogP contribution in [0.3, 0.4) is 0 Å². The summed E-state index contributed by atoms with van der Waals surface area (Å²) in [5, 5.41) is 15.9. The zero-order valence-corrected chi connectivity index (χ0v) is 13.0. The van der Waals surface area contributed by atoms with E-state index in [1.54, 1.807) is 37.6 Å². The minimum atomic E-state index is 0.107. The molecule has 0 atom stereocenters. The summed E-state index contributed by atoms with van der Waals surface area (Å²) in [6.45, 7) is 0. The summed E-state index contributed by atoms with van der Waals surface area (Å²) in [6.07, 6.45) is 3.44. The second-order valence-electron chi connectivity index (χ2n) is 4.74. The third kappa shape index (κ3) is 3.49. The Morgan fingerprint density at radius 1 is 1.13 bits per heavy atom. The number of nitrogens with one attached hydrogen (secondary N) is 2. The quantitative estimate of drug-likeness (QED) is 0.634. The van der Waals surface area contributed by atoms with E-state index in [-0.39, 0.29) is 5.75 Å². The number of nitrogens with zero attached hydrogens (tertiary/aromatic N) is 3. The molecule has 116 valence electrons. The van der Waals surface area contributed by atoms with Crippen molar-refractivity contribution in [2.45, 2.75) is 0 Å².